The summed E-state index contributed by atoms with van der Waals surface area (Å²) in [5, 5.41) is 8.63. The molecule has 2 rings (SSSR count). The number of phenolic OH excluding ortho intramolecular Hbond substituents is 1. The second-order valence-corrected chi connectivity index (χ2v) is 3.24. The smallest absolute Gasteiger partial charge is 0.150 e. The van der Waals surface area contributed by atoms with E-state index < -0.39 is 0 Å². The Balaban J connectivity index is 0.000000181. The van der Waals surface area contributed by atoms with Crippen molar-refractivity contribution >= 4 is 12.6 Å². The van der Waals surface area contributed by atoms with E-state index in [-0.39, 0.29) is 0 Å². The molecule has 2 aromatic rings. The second kappa shape index (κ2) is 6.95. The van der Waals surface area contributed by atoms with Crippen LogP contribution in [-0.4, -0.2) is 17.7 Å². The summed E-state index contributed by atoms with van der Waals surface area (Å²) in [6.45, 7) is 0. The normalized spacial score (nSPS) is 8.71. The van der Waals surface area contributed by atoms with Crippen LogP contribution in [0.25, 0.3) is 0 Å². The Morgan fingerprint density at radius 2 is 1.12 bits per heavy atom. The minimum absolute atomic E-state index is 0.322. The van der Waals surface area contributed by atoms with Gasteiger partial charge in [0, 0.05) is 11.1 Å². The minimum atomic E-state index is 0.322. The maximum absolute atomic E-state index is 10.1. The predicted molar refractivity (Wildman–Crippen MR) is 65.3 cm³/mol. The average Bonchev–Trinajstić information content (AvgIpc) is 2.40. The Hall–Kier alpha value is -2.42. The van der Waals surface area contributed by atoms with Gasteiger partial charge in [-0.3, -0.25) is 9.59 Å². The highest BCUT2D eigenvalue weighted by Crippen LogP contribution is 2.02. The zero-order valence-electron chi connectivity index (χ0n) is 9.11. The first kappa shape index (κ1) is 12.6. The molecule has 0 aliphatic rings. The zero-order valence-corrected chi connectivity index (χ0v) is 9.11. The van der Waals surface area contributed by atoms with Crippen LogP contribution in [0.1, 0.15) is 20.7 Å². The lowest BCUT2D eigenvalue weighted by Gasteiger charge is -1.88. The first-order valence-corrected chi connectivity index (χ1v) is 5.00. The molecule has 0 heterocycles. The van der Waals surface area contributed by atoms with Gasteiger partial charge in [-0.25, -0.2) is 0 Å². The van der Waals surface area contributed by atoms with Crippen molar-refractivity contribution in [3.63, 3.8) is 0 Å². The van der Waals surface area contributed by atoms with Crippen LogP contribution in [0.15, 0.2) is 54.6 Å². The van der Waals surface area contributed by atoms with Gasteiger partial charge in [0.1, 0.15) is 18.3 Å². The van der Waals surface area contributed by atoms with Crippen LogP contribution in [0.4, 0.5) is 0 Å². The largest absolute Gasteiger partial charge is 0.508 e. The highest BCUT2D eigenvalue weighted by molar-refractivity contribution is 5.79. The predicted octanol–water partition coefficient (Wildman–Crippen LogP) is 2.70. The number of benzene rings is 2. The fourth-order valence-corrected chi connectivity index (χ4v) is 1.08. The third-order valence-electron chi connectivity index (χ3n) is 1.96. The summed E-state index contributed by atoms with van der Waals surface area (Å²) >= 11 is 0. The Bertz CT molecular complexity index is 434. The van der Waals surface area contributed by atoms with Gasteiger partial charge in [0.05, 0.1) is 0 Å². The lowest BCUT2D eigenvalue weighted by Crippen LogP contribution is -1.81. The van der Waals surface area contributed by atoms with E-state index in [0.717, 1.165) is 12.6 Å². The van der Waals surface area contributed by atoms with Crippen LogP contribution < -0.4 is 0 Å². The van der Waals surface area contributed by atoms with E-state index in [9.17, 15) is 9.59 Å². The molecule has 0 radical (unpaired) electrons. The zero-order chi connectivity index (χ0) is 12.5. The van der Waals surface area contributed by atoms with Crippen LogP contribution >= 0.6 is 0 Å². The molecule has 0 bridgehead atoms. The molecule has 0 fully saturated rings. The monoisotopic (exact) mass is 228 g/mol. The number of phenols is 1. The third-order valence-corrected chi connectivity index (χ3v) is 1.96. The van der Waals surface area contributed by atoms with Gasteiger partial charge >= 0.3 is 0 Å². The van der Waals surface area contributed by atoms with Gasteiger partial charge in [-0.15, -0.1) is 0 Å². The van der Waals surface area contributed by atoms with E-state index in [1.807, 2.05) is 6.07 Å². The van der Waals surface area contributed by atoms with Crippen molar-refractivity contribution in [2.24, 2.45) is 0 Å². The topological polar surface area (TPSA) is 54.4 Å². The van der Waals surface area contributed by atoms with Crippen molar-refractivity contribution in [1.29, 1.82) is 0 Å². The van der Waals surface area contributed by atoms with Crippen molar-refractivity contribution in [3.8, 4) is 5.75 Å². The molecule has 0 saturated heterocycles. The summed E-state index contributed by atoms with van der Waals surface area (Å²) in [6.07, 6.45) is 1.49. The van der Waals surface area contributed by atoms with Gasteiger partial charge in [0.15, 0.2) is 0 Å². The Labute approximate surface area is 99.3 Å². The maximum atomic E-state index is 10.1. The molecule has 3 heteroatoms. The van der Waals surface area contributed by atoms with Crippen LogP contribution in [0.3, 0.4) is 0 Å². The molecule has 17 heavy (non-hydrogen) atoms. The van der Waals surface area contributed by atoms with E-state index >= 15 is 0 Å². The van der Waals surface area contributed by atoms with Gasteiger partial charge in [0.25, 0.3) is 0 Å². The van der Waals surface area contributed by atoms with Crippen molar-refractivity contribution < 1.29 is 14.7 Å². The van der Waals surface area contributed by atoms with E-state index in [1.54, 1.807) is 48.5 Å². The molecule has 0 aliphatic heterocycles. The molecular formula is C14H12O3. The quantitative estimate of drug-likeness (QED) is 0.804. The summed E-state index contributed by atoms with van der Waals surface area (Å²) in [5.41, 5.74) is 1.18. The van der Waals surface area contributed by atoms with Crippen LogP contribution in [0.2, 0.25) is 0 Å². The summed E-state index contributed by atoms with van der Waals surface area (Å²) in [4.78, 5) is 20.2. The first-order valence-electron chi connectivity index (χ1n) is 5.00. The molecule has 0 aliphatic carbocycles. The molecule has 2 aromatic carbocycles. The summed E-state index contributed by atoms with van der Waals surface area (Å²) < 4.78 is 0. The van der Waals surface area contributed by atoms with E-state index in [1.165, 1.54) is 0 Å². The third kappa shape index (κ3) is 4.75. The molecule has 0 spiro atoms. The van der Waals surface area contributed by atoms with E-state index in [0.29, 0.717) is 16.9 Å². The fourth-order valence-electron chi connectivity index (χ4n) is 1.08. The number of carbonyl (C=O) groups is 2. The van der Waals surface area contributed by atoms with Crippen molar-refractivity contribution in [2.75, 3.05) is 0 Å². The molecule has 0 aromatic heterocycles. The SMILES string of the molecule is O=Cc1ccc(C=O)cc1.Oc1ccccc1. The van der Waals surface area contributed by atoms with Crippen molar-refractivity contribution in [3.05, 3.63) is 65.7 Å². The number of hydrogen-bond donors (Lipinski definition) is 1. The van der Waals surface area contributed by atoms with E-state index in [2.05, 4.69) is 0 Å². The second-order valence-electron chi connectivity index (χ2n) is 3.24. The van der Waals surface area contributed by atoms with Gasteiger partial charge in [-0.2, -0.15) is 0 Å². The van der Waals surface area contributed by atoms with Gasteiger partial charge < -0.3 is 5.11 Å². The van der Waals surface area contributed by atoms with Crippen LogP contribution in [-0.2, 0) is 0 Å². The molecule has 0 unspecified atom stereocenters. The van der Waals surface area contributed by atoms with E-state index in [4.69, 9.17) is 5.11 Å². The number of aldehydes is 2. The molecule has 3 nitrogen and oxygen atoms in total. The molecule has 86 valence electrons. The summed E-state index contributed by atoms with van der Waals surface area (Å²) in [5.74, 6) is 0.322. The summed E-state index contributed by atoms with van der Waals surface area (Å²) in [6, 6.07) is 15.1. The fraction of sp³-hybridized carbons (Fsp3) is 0. The molecule has 0 amide bonds. The molecule has 0 atom stereocenters. The van der Waals surface area contributed by atoms with Crippen LogP contribution in [0.5, 0.6) is 5.75 Å². The van der Waals surface area contributed by atoms with Gasteiger partial charge in [0.2, 0.25) is 0 Å². The number of rotatable bonds is 2. The Morgan fingerprint density at radius 1 is 0.706 bits per heavy atom. The van der Waals surface area contributed by atoms with Crippen molar-refractivity contribution in [1.82, 2.24) is 0 Å². The lowest BCUT2D eigenvalue weighted by atomic mass is 10.2. The number of para-hydroxylation sites is 1. The standard InChI is InChI=1S/C8H6O2.C6H6O/c9-5-7-1-2-8(6-10)4-3-7;7-6-4-2-1-3-5-6/h1-6H;1-5,7H. The molecule has 0 saturated carbocycles. The highest BCUT2D eigenvalue weighted by Gasteiger charge is 1.88. The first-order chi connectivity index (χ1) is 8.26. The van der Waals surface area contributed by atoms with Crippen molar-refractivity contribution in [2.45, 2.75) is 0 Å². The highest BCUT2D eigenvalue weighted by atomic mass is 16.3. The maximum Gasteiger partial charge on any atom is 0.150 e. The Kier molecular flexibility index (Phi) is 5.17. The summed E-state index contributed by atoms with van der Waals surface area (Å²) in [7, 11) is 0. The number of hydrogen-bond acceptors (Lipinski definition) is 3. The average molecular weight is 228 g/mol. The number of carbonyl (C=O) groups excluding carboxylic acids is 2. The minimum Gasteiger partial charge on any atom is -0.508 e. The lowest BCUT2D eigenvalue weighted by molar-refractivity contribution is 0.111. The Morgan fingerprint density at radius 3 is 1.35 bits per heavy atom. The van der Waals surface area contributed by atoms with Crippen LogP contribution in [0, 0.1) is 0 Å². The van der Waals surface area contributed by atoms with Gasteiger partial charge in [-0.05, 0) is 12.1 Å². The molecular weight excluding hydrogens is 216 g/mol. The molecule has 1 N–H and O–H groups in total. The van der Waals surface area contributed by atoms with Gasteiger partial charge in [-0.1, -0.05) is 42.5 Å². The number of aromatic hydroxyl groups is 1.